The van der Waals surface area contributed by atoms with Gasteiger partial charge in [0.1, 0.15) is 18.3 Å². The first-order valence-corrected chi connectivity index (χ1v) is 17.1. The summed E-state index contributed by atoms with van der Waals surface area (Å²) in [6.07, 6.45) is 2.61. The predicted molar refractivity (Wildman–Crippen MR) is 143 cm³/mol. The monoisotopic (exact) mass is 621 g/mol. The van der Waals surface area contributed by atoms with Crippen LogP contribution in [-0.2, 0) is 18.4 Å². The normalized spacial score (nSPS) is 40.5. The molecule has 2 aromatic heterocycles. The van der Waals surface area contributed by atoms with Crippen molar-refractivity contribution in [2.24, 2.45) is 16.7 Å². The van der Waals surface area contributed by atoms with E-state index < -0.39 is 52.2 Å². The number of fused-ring (bicyclic) bond motifs is 1. The Hall–Kier alpha value is -1.18. The molecular weight excluding hydrogens is 588 g/mol. The lowest BCUT2D eigenvalue weighted by Gasteiger charge is -2.65. The minimum Gasteiger partial charge on any atom is -0.387 e. The summed E-state index contributed by atoms with van der Waals surface area (Å²) in [5.41, 5.74) is 1.05. The van der Waals surface area contributed by atoms with Crippen molar-refractivity contribution in [1.82, 2.24) is 19.5 Å². The van der Waals surface area contributed by atoms with E-state index in [4.69, 9.17) is 30.6 Å². The quantitative estimate of drug-likeness (QED) is 0.185. The number of nitrogens with one attached hydrogen (secondary N) is 1. The Balaban J connectivity index is 1.25. The van der Waals surface area contributed by atoms with E-state index in [2.05, 4.69) is 34.1 Å². The minimum absolute atomic E-state index is 0.0366. The Morgan fingerprint density at radius 2 is 1.77 bits per heavy atom. The molecule has 1 aliphatic heterocycles. The average Bonchev–Trinajstić information content (AvgIpc) is 3.29. The molecule has 9 atom stereocenters. The molecule has 0 amide bonds. The second kappa shape index (κ2) is 9.41. The molecule has 5 fully saturated rings. The van der Waals surface area contributed by atoms with Gasteiger partial charge in [-0.2, -0.15) is 9.97 Å². The molecule has 4 bridgehead atoms. The van der Waals surface area contributed by atoms with E-state index >= 15 is 0 Å². The minimum atomic E-state index is -4.83. The molecule has 0 aromatic carbocycles. The van der Waals surface area contributed by atoms with E-state index in [1.54, 1.807) is 0 Å². The number of hydrogen-bond donors (Lipinski definition) is 6. The van der Waals surface area contributed by atoms with E-state index in [0.29, 0.717) is 17.3 Å². The van der Waals surface area contributed by atoms with Gasteiger partial charge in [0.05, 0.1) is 12.9 Å². The first kappa shape index (κ1) is 28.9. The molecule has 17 heteroatoms. The second-order valence-electron chi connectivity index (χ2n) is 13.0. The van der Waals surface area contributed by atoms with E-state index in [1.165, 1.54) is 30.2 Å². The van der Waals surface area contributed by atoms with Crippen LogP contribution in [0.1, 0.15) is 58.6 Å². The Morgan fingerprint density at radius 1 is 1.10 bits per heavy atom. The molecule has 5 aliphatic rings. The van der Waals surface area contributed by atoms with Crippen LogP contribution in [0.2, 0.25) is 5.28 Å². The molecule has 222 valence electrons. The summed E-state index contributed by atoms with van der Waals surface area (Å²) in [7, 11) is -9.51. The first-order chi connectivity index (χ1) is 18.5. The molecule has 2 aromatic rings. The molecular formula is C23H34ClN5O9P2. The van der Waals surface area contributed by atoms with E-state index in [0.717, 1.165) is 19.3 Å². The van der Waals surface area contributed by atoms with Gasteiger partial charge in [0.25, 0.3) is 0 Å². The highest BCUT2D eigenvalue weighted by atomic mass is 35.5. The molecule has 0 radical (unpaired) electrons. The van der Waals surface area contributed by atoms with Crippen LogP contribution in [0.4, 0.5) is 5.82 Å². The van der Waals surface area contributed by atoms with Crippen molar-refractivity contribution in [2.75, 3.05) is 17.8 Å². The van der Waals surface area contributed by atoms with Crippen molar-refractivity contribution in [3.8, 4) is 0 Å². The van der Waals surface area contributed by atoms with Crippen molar-refractivity contribution in [3.05, 3.63) is 11.6 Å². The highest BCUT2D eigenvalue weighted by Crippen LogP contribution is 2.67. The summed E-state index contributed by atoms with van der Waals surface area (Å²) < 4.78 is 35.1. The topological polar surface area (TPSA) is 209 Å². The number of aliphatic hydroxyl groups is 2. The number of aromatic nitrogens is 4. The van der Waals surface area contributed by atoms with Crippen molar-refractivity contribution in [3.63, 3.8) is 0 Å². The van der Waals surface area contributed by atoms with Crippen LogP contribution in [0.3, 0.4) is 0 Å². The number of imidazole rings is 1. The summed E-state index contributed by atoms with van der Waals surface area (Å²) in [5.74, 6) is -0.260. The third kappa shape index (κ3) is 5.37. The van der Waals surface area contributed by atoms with Gasteiger partial charge in [-0.1, -0.05) is 13.8 Å². The summed E-state index contributed by atoms with van der Waals surface area (Å²) >= 11 is 6.35. The number of nitrogens with zero attached hydrogens (tertiary/aromatic N) is 4. The van der Waals surface area contributed by atoms with Crippen molar-refractivity contribution in [2.45, 2.75) is 82.5 Å². The molecule has 6 N–H and O–H groups in total. The SMILES string of the molecule is C[C@]12CC3CC(Nc4nc(Cl)nc5c4ncn5[C@@H]4O[C@H](COP(=O)(O)CP(=O)(O)O)C(O)[C@@H]4O)(C1)C[C@@](C)(C3)C2. The zero-order valence-electron chi connectivity index (χ0n) is 22.1. The smallest absolute Gasteiger partial charge is 0.340 e. The summed E-state index contributed by atoms with van der Waals surface area (Å²) in [6, 6.07) is 0. The van der Waals surface area contributed by atoms with Gasteiger partial charge in [-0.25, -0.2) is 4.98 Å². The van der Waals surface area contributed by atoms with Crippen molar-refractivity contribution in [1.29, 1.82) is 0 Å². The Labute approximate surface area is 235 Å². The van der Waals surface area contributed by atoms with Crippen LogP contribution in [0.15, 0.2) is 6.33 Å². The van der Waals surface area contributed by atoms with Crippen molar-refractivity contribution >= 4 is 43.8 Å². The molecule has 4 saturated carbocycles. The lowest BCUT2D eigenvalue weighted by Crippen LogP contribution is -2.61. The van der Waals surface area contributed by atoms with Gasteiger partial charge in [-0.15, -0.1) is 0 Å². The summed E-state index contributed by atoms with van der Waals surface area (Å²) in [4.78, 5) is 41.0. The number of halogens is 1. The summed E-state index contributed by atoms with van der Waals surface area (Å²) in [6.45, 7) is 4.05. The highest BCUT2D eigenvalue weighted by Gasteiger charge is 2.60. The van der Waals surface area contributed by atoms with Gasteiger partial charge in [-0.05, 0) is 66.9 Å². The Bertz CT molecular complexity index is 1420. The molecule has 40 heavy (non-hydrogen) atoms. The maximum absolute atomic E-state index is 12.0. The van der Waals surface area contributed by atoms with Crippen LogP contribution >= 0.6 is 26.8 Å². The molecule has 14 nitrogen and oxygen atoms in total. The number of ether oxygens (including phenoxy) is 1. The van der Waals surface area contributed by atoms with Gasteiger partial charge in [0.2, 0.25) is 5.28 Å². The van der Waals surface area contributed by atoms with E-state index in [-0.39, 0.29) is 27.3 Å². The van der Waals surface area contributed by atoms with Gasteiger partial charge < -0.3 is 39.5 Å². The second-order valence-corrected chi connectivity index (χ2v) is 17.3. The molecule has 0 spiro atoms. The lowest BCUT2D eigenvalue weighted by molar-refractivity contribution is -0.0973. The fraction of sp³-hybridized carbons (Fsp3) is 0.783. The molecule has 4 unspecified atom stereocenters. The average molecular weight is 622 g/mol. The van der Waals surface area contributed by atoms with Crippen LogP contribution in [0.5, 0.6) is 0 Å². The molecule has 3 heterocycles. The van der Waals surface area contributed by atoms with Crippen molar-refractivity contribution < 1.29 is 43.3 Å². The van der Waals surface area contributed by atoms with Gasteiger partial charge in [0, 0.05) is 5.54 Å². The number of hydrogen-bond acceptors (Lipinski definition) is 10. The molecule has 7 rings (SSSR count). The first-order valence-electron chi connectivity index (χ1n) is 13.2. The third-order valence-electron chi connectivity index (χ3n) is 8.82. The van der Waals surface area contributed by atoms with Crippen LogP contribution < -0.4 is 5.32 Å². The fourth-order valence-corrected chi connectivity index (χ4v) is 11.3. The van der Waals surface area contributed by atoms with E-state index in [1.807, 2.05) is 0 Å². The highest BCUT2D eigenvalue weighted by molar-refractivity contribution is 7.70. The third-order valence-corrected chi connectivity index (χ3v) is 12.4. The van der Waals surface area contributed by atoms with Crippen LogP contribution in [0, 0.1) is 16.7 Å². The standard InChI is InChI=1S/C23H34ClN5O9P2/c1-21-3-12-4-22(2,7-21)9-23(5-12,8-21)28-17-14-18(27-20(24)26-17)29(10-25-14)19-16(31)15(30)13(38-19)6-37-40(35,36)11-39(32,33)34/h10,12-13,15-16,19,30-31H,3-9,11H2,1-2H3,(H,35,36)(H,26,27,28)(H2,32,33,34)/t12?,13-,15?,16+,19-,21-,22+,23?/m1/s1. The van der Waals surface area contributed by atoms with Gasteiger partial charge in [-0.3, -0.25) is 13.7 Å². The lowest BCUT2D eigenvalue weighted by atomic mass is 9.43. The number of anilines is 1. The molecule has 4 aliphatic carbocycles. The Kier molecular flexibility index (Phi) is 6.80. The zero-order valence-corrected chi connectivity index (χ0v) is 24.6. The Morgan fingerprint density at radius 3 is 2.40 bits per heavy atom. The predicted octanol–water partition coefficient (Wildman–Crippen LogP) is 2.60. The molecule has 1 saturated heterocycles. The van der Waals surface area contributed by atoms with Crippen LogP contribution in [0.25, 0.3) is 11.2 Å². The largest absolute Gasteiger partial charge is 0.387 e. The maximum Gasteiger partial charge on any atom is 0.340 e. The number of rotatable bonds is 8. The van der Waals surface area contributed by atoms with Gasteiger partial charge in [0.15, 0.2) is 29.1 Å². The van der Waals surface area contributed by atoms with Gasteiger partial charge >= 0.3 is 15.2 Å². The summed E-state index contributed by atoms with van der Waals surface area (Å²) in [5, 5.41) is 25.0. The fourth-order valence-electron chi connectivity index (χ4n) is 8.56. The van der Waals surface area contributed by atoms with E-state index in [9.17, 15) is 24.2 Å². The zero-order chi connectivity index (χ0) is 28.9. The van der Waals surface area contributed by atoms with Crippen LogP contribution in [-0.4, -0.2) is 80.8 Å². The maximum atomic E-state index is 12.0. The number of aliphatic hydroxyl groups excluding tert-OH is 2.